The van der Waals surface area contributed by atoms with Crippen molar-refractivity contribution in [3.05, 3.63) is 53.6 Å². The van der Waals surface area contributed by atoms with Gasteiger partial charge in [-0.2, -0.15) is 5.26 Å². The molecule has 2 rings (SSSR count). The van der Waals surface area contributed by atoms with Crippen molar-refractivity contribution < 1.29 is 26.7 Å². The molecule has 0 atom stereocenters. The van der Waals surface area contributed by atoms with Crippen LogP contribution >= 0.6 is 0 Å². The van der Waals surface area contributed by atoms with Crippen molar-refractivity contribution in [2.45, 2.75) is 6.36 Å². The molecule has 2 aromatic rings. The summed E-state index contributed by atoms with van der Waals surface area (Å²) in [5, 5.41) is 8.74. The fourth-order valence-electron chi connectivity index (χ4n) is 1.72. The highest BCUT2D eigenvalue weighted by Gasteiger charge is 2.32. The van der Waals surface area contributed by atoms with E-state index in [0.717, 1.165) is 18.2 Å². The minimum Gasteiger partial charge on any atom is -0.404 e. The van der Waals surface area contributed by atoms with Crippen LogP contribution in [0.25, 0.3) is 11.1 Å². The Morgan fingerprint density at radius 1 is 1.05 bits per heavy atom. The van der Waals surface area contributed by atoms with Gasteiger partial charge in [-0.05, 0) is 23.8 Å². The molecule has 0 N–H and O–H groups in total. The maximum Gasteiger partial charge on any atom is 0.573 e. The van der Waals surface area contributed by atoms with Crippen LogP contribution in [0.2, 0.25) is 0 Å². The van der Waals surface area contributed by atoms with E-state index >= 15 is 0 Å². The Balaban J connectivity index is 2.54. The average Bonchev–Trinajstić information content (AvgIpc) is 2.40. The number of benzene rings is 2. The largest absolute Gasteiger partial charge is 0.573 e. The van der Waals surface area contributed by atoms with Crippen LogP contribution in [0.1, 0.15) is 5.56 Å². The third-order valence-electron chi connectivity index (χ3n) is 2.59. The summed E-state index contributed by atoms with van der Waals surface area (Å²) in [6.07, 6.45) is -5.00. The lowest BCUT2D eigenvalue weighted by Crippen LogP contribution is -2.17. The quantitative estimate of drug-likeness (QED) is 0.770. The first kappa shape index (κ1) is 14.8. The van der Waals surface area contributed by atoms with Crippen LogP contribution in [-0.4, -0.2) is 6.36 Å². The molecule has 0 aliphatic rings. The lowest BCUT2D eigenvalue weighted by Gasteiger charge is -2.12. The van der Waals surface area contributed by atoms with Gasteiger partial charge in [0.05, 0.1) is 5.56 Å². The van der Waals surface area contributed by atoms with Gasteiger partial charge in [-0.3, -0.25) is 0 Å². The zero-order valence-electron chi connectivity index (χ0n) is 10.2. The van der Waals surface area contributed by atoms with Gasteiger partial charge in [-0.1, -0.05) is 18.2 Å². The lowest BCUT2D eigenvalue weighted by molar-refractivity contribution is -0.274. The Labute approximate surface area is 116 Å². The van der Waals surface area contributed by atoms with E-state index in [0.29, 0.717) is 0 Å². The summed E-state index contributed by atoms with van der Waals surface area (Å²) in [7, 11) is 0. The van der Waals surface area contributed by atoms with E-state index in [2.05, 4.69) is 4.74 Å². The standard InChI is InChI=1S/C14H6F5NO/c15-11-3-1-2-10(13(11)16)8-4-5-9(7-20)12(6-8)21-14(17,18)19/h1-6H. The number of hydrogen-bond acceptors (Lipinski definition) is 2. The Morgan fingerprint density at radius 3 is 2.38 bits per heavy atom. The summed E-state index contributed by atoms with van der Waals surface area (Å²) >= 11 is 0. The van der Waals surface area contributed by atoms with Crippen LogP contribution in [0.4, 0.5) is 22.0 Å². The van der Waals surface area contributed by atoms with Gasteiger partial charge in [0.1, 0.15) is 11.8 Å². The molecule has 0 radical (unpaired) electrons. The van der Waals surface area contributed by atoms with Crippen molar-refractivity contribution in [2.75, 3.05) is 0 Å². The average molecular weight is 299 g/mol. The van der Waals surface area contributed by atoms with Crippen LogP contribution in [0.5, 0.6) is 5.75 Å². The monoisotopic (exact) mass is 299 g/mol. The molecule has 0 spiro atoms. The number of halogens is 5. The highest BCUT2D eigenvalue weighted by Crippen LogP contribution is 2.32. The van der Waals surface area contributed by atoms with Crippen molar-refractivity contribution >= 4 is 0 Å². The van der Waals surface area contributed by atoms with Crippen LogP contribution in [0.3, 0.4) is 0 Å². The Morgan fingerprint density at radius 2 is 1.76 bits per heavy atom. The van der Waals surface area contributed by atoms with E-state index in [-0.39, 0.29) is 16.7 Å². The summed E-state index contributed by atoms with van der Waals surface area (Å²) < 4.78 is 67.3. The van der Waals surface area contributed by atoms with Gasteiger partial charge in [0, 0.05) is 5.56 Å². The zero-order valence-corrected chi connectivity index (χ0v) is 10.2. The second-order valence-electron chi connectivity index (χ2n) is 3.97. The predicted octanol–water partition coefficient (Wildman–Crippen LogP) is 4.40. The van der Waals surface area contributed by atoms with E-state index in [4.69, 9.17) is 5.26 Å². The molecule has 0 heterocycles. The second-order valence-corrected chi connectivity index (χ2v) is 3.97. The summed E-state index contributed by atoms with van der Waals surface area (Å²) in [6.45, 7) is 0. The van der Waals surface area contributed by atoms with E-state index in [9.17, 15) is 22.0 Å². The van der Waals surface area contributed by atoms with E-state index < -0.39 is 23.7 Å². The van der Waals surface area contributed by atoms with Crippen LogP contribution in [0, 0.1) is 23.0 Å². The van der Waals surface area contributed by atoms with Gasteiger partial charge in [0.25, 0.3) is 0 Å². The molecule has 108 valence electrons. The minimum atomic E-state index is -5.00. The number of nitrogens with zero attached hydrogens (tertiary/aromatic N) is 1. The SMILES string of the molecule is N#Cc1ccc(-c2cccc(F)c2F)cc1OC(F)(F)F. The van der Waals surface area contributed by atoms with E-state index in [1.807, 2.05) is 0 Å². The number of ether oxygens (including phenoxy) is 1. The molecule has 0 saturated heterocycles. The summed E-state index contributed by atoms with van der Waals surface area (Å²) in [6, 6.07) is 7.93. The normalized spacial score (nSPS) is 11.0. The van der Waals surface area contributed by atoms with Gasteiger partial charge < -0.3 is 4.74 Å². The Hall–Kier alpha value is -2.62. The number of nitriles is 1. The molecular weight excluding hydrogens is 293 g/mol. The first-order valence-electron chi connectivity index (χ1n) is 5.56. The molecule has 0 amide bonds. The summed E-state index contributed by atoms with van der Waals surface area (Å²) in [4.78, 5) is 0. The molecule has 0 unspecified atom stereocenters. The van der Waals surface area contributed by atoms with Crippen molar-refractivity contribution in [1.82, 2.24) is 0 Å². The van der Waals surface area contributed by atoms with Gasteiger partial charge in [0.15, 0.2) is 11.6 Å². The highest BCUT2D eigenvalue weighted by atomic mass is 19.4. The topological polar surface area (TPSA) is 33.0 Å². The number of hydrogen-bond donors (Lipinski definition) is 0. The number of alkyl halides is 3. The van der Waals surface area contributed by atoms with Crippen molar-refractivity contribution in [3.8, 4) is 22.9 Å². The summed E-state index contributed by atoms with van der Waals surface area (Å²) in [5.41, 5.74) is -0.635. The third kappa shape index (κ3) is 3.28. The second kappa shape index (κ2) is 5.40. The molecule has 0 aromatic heterocycles. The highest BCUT2D eigenvalue weighted by molar-refractivity contribution is 5.68. The van der Waals surface area contributed by atoms with Crippen molar-refractivity contribution in [2.24, 2.45) is 0 Å². The van der Waals surface area contributed by atoms with Crippen molar-refractivity contribution in [1.29, 1.82) is 5.26 Å². The maximum absolute atomic E-state index is 13.6. The van der Waals surface area contributed by atoms with Crippen LogP contribution < -0.4 is 4.74 Å². The van der Waals surface area contributed by atoms with Gasteiger partial charge >= 0.3 is 6.36 Å². The van der Waals surface area contributed by atoms with Crippen LogP contribution in [0.15, 0.2) is 36.4 Å². The molecule has 0 aliphatic heterocycles. The van der Waals surface area contributed by atoms with Crippen molar-refractivity contribution in [3.63, 3.8) is 0 Å². The molecule has 7 heteroatoms. The van der Waals surface area contributed by atoms with E-state index in [1.54, 1.807) is 0 Å². The smallest absolute Gasteiger partial charge is 0.404 e. The third-order valence-corrected chi connectivity index (χ3v) is 2.59. The van der Waals surface area contributed by atoms with Gasteiger partial charge in [-0.15, -0.1) is 13.2 Å². The number of rotatable bonds is 2. The maximum atomic E-state index is 13.6. The van der Waals surface area contributed by atoms with E-state index in [1.165, 1.54) is 24.3 Å². The Kier molecular flexibility index (Phi) is 3.80. The fourth-order valence-corrected chi connectivity index (χ4v) is 1.72. The molecule has 21 heavy (non-hydrogen) atoms. The predicted molar refractivity (Wildman–Crippen MR) is 63.2 cm³/mol. The van der Waals surface area contributed by atoms with Crippen LogP contribution in [-0.2, 0) is 0 Å². The molecule has 0 aliphatic carbocycles. The lowest BCUT2D eigenvalue weighted by atomic mass is 10.0. The molecule has 2 nitrogen and oxygen atoms in total. The van der Waals surface area contributed by atoms with Gasteiger partial charge in [0.2, 0.25) is 0 Å². The molecule has 0 saturated carbocycles. The molecule has 0 fully saturated rings. The van der Waals surface area contributed by atoms with Gasteiger partial charge in [-0.25, -0.2) is 8.78 Å². The molecule has 2 aromatic carbocycles. The first-order chi connectivity index (χ1) is 9.81. The first-order valence-corrected chi connectivity index (χ1v) is 5.56. The minimum absolute atomic E-state index is 0.0368. The zero-order chi connectivity index (χ0) is 15.6. The molecular formula is C14H6F5NO. The molecule has 0 bridgehead atoms. The Bertz CT molecular complexity index is 718. The summed E-state index contributed by atoms with van der Waals surface area (Å²) in [5.74, 6) is -3.10. The fraction of sp³-hybridized carbons (Fsp3) is 0.0714.